The van der Waals surface area contributed by atoms with Crippen LogP contribution in [0.2, 0.25) is 0 Å². The van der Waals surface area contributed by atoms with Crippen LogP contribution in [0.5, 0.6) is 0 Å². The summed E-state index contributed by atoms with van der Waals surface area (Å²) < 4.78 is 11.6. The number of ether oxygens (including phenoxy) is 2. The van der Waals surface area contributed by atoms with Crippen LogP contribution in [-0.4, -0.2) is 68.1 Å². The van der Waals surface area contributed by atoms with E-state index in [4.69, 9.17) is 9.47 Å². The highest BCUT2D eigenvalue weighted by Gasteiger charge is 2.41. The number of piperidine rings is 2. The zero-order chi connectivity index (χ0) is 11.7. The van der Waals surface area contributed by atoms with Gasteiger partial charge in [-0.1, -0.05) is 0 Å². The minimum atomic E-state index is -0.206. The van der Waals surface area contributed by atoms with E-state index in [1.807, 2.05) is 0 Å². The SMILES string of the molecule is CN1CCC(N2CCC3(CC2)OCCO3)CC1. The van der Waals surface area contributed by atoms with Crippen molar-refractivity contribution in [3.05, 3.63) is 0 Å². The predicted octanol–water partition coefficient (Wildman–Crippen LogP) is 0.919. The summed E-state index contributed by atoms with van der Waals surface area (Å²) >= 11 is 0. The number of hydrogen-bond acceptors (Lipinski definition) is 4. The fraction of sp³-hybridized carbons (Fsp3) is 1.00. The highest BCUT2D eigenvalue weighted by molar-refractivity contribution is 4.87. The van der Waals surface area contributed by atoms with Gasteiger partial charge in [-0.15, -0.1) is 0 Å². The Morgan fingerprint density at radius 2 is 1.53 bits per heavy atom. The van der Waals surface area contributed by atoms with Crippen LogP contribution in [0.4, 0.5) is 0 Å². The molecule has 0 aromatic rings. The van der Waals surface area contributed by atoms with Gasteiger partial charge in [0.1, 0.15) is 0 Å². The van der Waals surface area contributed by atoms with Crippen molar-refractivity contribution in [3.63, 3.8) is 0 Å². The molecule has 17 heavy (non-hydrogen) atoms. The Hall–Kier alpha value is -0.160. The molecule has 0 N–H and O–H groups in total. The Bertz CT molecular complexity index is 248. The van der Waals surface area contributed by atoms with Crippen LogP contribution in [0.3, 0.4) is 0 Å². The number of rotatable bonds is 1. The van der Waals surface area contributed by atoms with Crippen molar-refractivity contribution >= 4 is 0 Å². The van der Waals surface area contributed by atoms with Crippen LogP contribution >= 0.6 is 0 Å². The minimum Gasteiger partial charge on any atom is -0.347 e. The second-order valence-corrected chi connectivity index (χ2v) is 5.68. The summed E-state index contributed by atoms with van der Waals surface area (Å²) in [6, 6.07) is 0.796. The van der Waals surface area contributed by atoms with Crippen LogP contribution in [0.25, 0.3) is 0 Å². The molecule has 0 amide bonds. The first kappa shape index (κ1) is 11.9. The van der Waals surface area contributed by atoms with Gasteiger partial charge in [-0.3, -0.25) is 4.90 Å². The average molecular weight is 240 g/mol. The molecule has 0 aromatic carbocycles. The molecule has 0 radical (unpaired) electrons. The highest BCUT2D eigenvalue weighted by Crippen LogP contribution is 2.33. The molecule has 4 nitrogen and oxygen atoms in total. The van der Waals surface area contributed by atoms with Gasteiger partial charge in [0.15, 0.2) is 5.79 Å². The maximum Gasteiger partial charge on any atom is 0.170 e. The molecule has 1 spiro atoms. The van der Waals surface area contributed by atoms with Gasteiger partial charge < -0.3 is 14.4 Å². The van der Waals surface area contributed by atoms with E-state index >= 15 is 0 Å². The lowest BCUT2D eigenvalue weighted by atomic mass is 9.97. The number of nitrogens with zero attached hydrogens (tertiary/aromatic N) is 2. The van der Waals surface area contributed by atoms with Gasteiger partial charge in [-0.05, 0) is 33.0 Å². The van der Waals surface area contributed by atoms with Crippen LogP contribution < -0.4 is 0 Å². The Morgan fingerprint density at radius 3 is 2.12 bits per heavy atom. The molecule has 0 aromatic heterocycles. The van der Waals surface area contributed by atoms with Crippen LogP contribution in [0.1, 0.15) is 25.7 Å². The third-order valence-electron chi connectivity index (χ3n) is 4.58. The summed E-state index contributed by atoms with van der Waals surface area (Å²) in [5.74, 6) is -0.206. The average Bonchev–Trinajstić information content (AvgIpc) is 2.80. The standard InChI is InChI=1S/C13H24N2O2/c1-14-6-2-12(3-7-14)15-8-4-13(5-9-15)16-10-11-17-13/h12H,2-11H2,1H3. The second-order valence-electron chi connectivity index (χ2n) is 5.68. The monoisotopic (exact) mass is 240 g/mol. The molecule has 0 bridgehead atoms. The Kier molecular flexibility index (Phi) is 3.39. The molecule has 3 rings (SSSR count). The lowest BCUT2D eigenvalue weighted by molar-refractivity contribution is -0.188. The van der Waals surface area contributed by atoms with Crippen molar-refractivity contribution in [1.29, 1.82) is 0 Å². The van der Waals surface area contributed by atoms with Gasteiger partial charge in [0, 0.05) is 32.0 Å². The summed E-state index contributed by atoms with van der Waals surface area (Å²) in [5.41, 5.74) is 0. The van der Waals surface area contributed by atoms with Crippen molar-refractivity contribution in [2.24, 2.45) is 0 Å². The molecule has 3 aliphatic heterocycles. The molecule has 0 unspecified atom stereocenters. The van der Waals surface area contributed by atoms with E-state index in [0.29, 0.717) is 0 Å². The first-order chi connectivity index (χ1) is 8.27. The summed E-state index contributed by atoms with van der Waals surface area (Å²) in [5, 5.41) is 0. The van der Waals surface area contributed by atoms with Crippen molar-refractivity contribution in [2.45, 2.75) is 37.5 Å². The zero-order valence-corrected chi connectivity index (χ0v) is 10.9. The normalized spacial score (nSPS) is 32.3. The first-order valence-corrected chi connectivity index (χ1v) is 6.98. The van der Waals surface area contributed by atoms with E-state index in [1.165, 1.54) is 25.9 Å². The van der Waals surface area contributed by atoms with Crippen LogP contribution in [-0.2, 0) is 9.47 Å². The molecular weight excluding hydrogens is 216 g/mol. The van der Waals surface area contributed by atoms with Gasteiger partial charge in [0.2, 0.25) is 0 Å². The quantitative estimate of drug-likeness (QED) is 0.680. The van der Waals surface area contributed by atoms with E-state index < -0.39 is 0 Å². The van der Waals surface area contributed by atoms with Crippen molar-refractivity contribution in [1.82, 2.24) is 9.80 Å². The van der Waals surface area contributed by atoms with Crippen molar-refractivity contribution < 1.29 is 9.47 Å². The van der Waals surface area contributed by atoms with Crippen molar-refractivity contribution in [2.75, 3.05) is 46.4 Å². The Labute approximate surface area is 104 Å². The van der Waals surface area contributed by atoms with E-state index in [0.717, 1.165) is 45.2 Å². The summed E-state index contributed by atoms with van der Waals surface area (Å²) in [6.07, 6.45) is 4.76. The molecule has 4 heteroatoms. The van der Waals surface area contributed by atoms with Crippen LogP contribution in [0, 0.1) is 0 Å². The molecular formula is C13H24N2O2. The van der Waals surface area contributed by atoms with Gasteiger partial charge >= 0.3 is 0 Å². The van der Waals surface area contributed by atoms with E-state index in [1.54, 1.807) is 0 Å². The Balaban J connectivity index is 1.51. The lowest BCUT2D eigenvalue weighted by Gasteiger charge is -2.43. The second kappa shape index (κ2) is 4.84. The topological polar surface area (TPSA) is 24.9 Å². The lowest BCUT2D eigenvalue weighted by Crippen LogP contribution is -2.51. The largest absolute Gasteiger partial charge is 0.347 e. The molecule has 3 heterocycles. The van der Waals surface area contributed by atoms with E-state index in [9.17, 15) is 0 Å². The predicted molar refractivity (Wildman–Crippen MR) is 66.0 cm³/mol. The van der Waals surface area contributed by atoms with Gasteiger partial charge in [0.25, 0.3) is 0 Å². The van der Waals surface area contributed by atoms with Gasteiger partial charge in [0.05, 0.1) is 13.2 Å². The summed E-state index contributed by atoms with van der Waals surface area (Å²) in [7, 11) is 2.22. The van der Waals surface area contributed by atoms with Crippen LogP contribution in [0.15, 0.2) is 0 Å². The molecule has 3 saturated heterocycles. The number of hydrogen-bond donors (Lipinski definition) is 0. The number of likely N-dealkylation sites (tertiary alicyclic amines) is 2. The molecule has 3 fully saturated rings. The molecule has 98 valence electrons. The molecule has 0 atom stereocenters. The zero-order valence-electron chi connectivity index (χ0n) is 10.9. The van der Waals surface area contributed by atoms with Crippen molar-refractivity contribution in [3.8, 4) is 0 Å². The molecule has 0 aliphatic carbocycles. The fourth-order valence-corrected chi connectivity index (χ4v) is 3.38. The van der Waals surface area contributed by atoms with E-state index in [-0.39, 0.29) is 5.79 Å². The third kappa shape index (κ3) is 2.50. The maximum absolute atomic E-state index is 5.78. The molecule has 3 aliphatic rings. The highest BCUT2D eigenvalue weighted by atomic mass is 16.7. The first-order valence-electron chi connectivity index (χ1n) is 6.98. The maximum atomic E-state index is 5.78. The van der Waals surface area contributed by atoms with Gasteiger partial charge in [-0.2, -0.15) is 0 Å². The van der Waals surface area contributed by atoms with Gasteiger partial charge in [-0.25, -0.2) is 0 Å². The summed E-state index contributed by atoms with van der Waals surface area (Å²) in [6.45, 7) is 6.36. The minimum absolute atomic E-state index is 0.206. The Morgan fingerprint density at radius 1 is 0.941 bits per heavy atom. The van der Waals surface area contributed by atoms with E-state index in [2.05, 4.69) is 16.8 Å². The molecule has 0 saturated carbocycles. The third-order valence-corrected chi connectivity index (χ3v) is 4.58. The summed E-state index contributed by atoms with van der Waals surface area (Å²) in [4.78, 5) is 5.09. The fourth-order valence-electron chi connectivity index (χ4n) is 3.38. The smallest absolute Gasteiger partial charge is 0.170 e.